The number of fused-ring (bicyclic) bond motifs is 1. The molecule has 134 valence electrons. The third-order valence-corrected chi connectivity index (χ3v) is 4.77. The zero-order chi connectivity index (χ0) is 18.7. The normalized spacial score (nSPS) is 14.3. The zero-order valence-corrected chi connectivity index (χ0v) is 14.9. The Morgan fingerprint density at radius 2 is 1.77 bits per heavy atom. The molecule has 1 aliphatic heterocycles. The van der Waals surface area contributed by atoms with Crippen molar-refractivity contribution in [2.75, 3.05) is 17.3 Å². The summed E-state index contributed by atoms with van der Waals surface area (Å²) in [5.41, 5.74) is 0.871. The number of imide groups is 1. The molecule has 0 aromatic heterocycles. The highest BCUT2D eigenvalue weighted by molar-refractivity contribution is 7.98. The Morgan fingerprint density at radius 3 is 2.35 bits per heavy atom. The number of halogens is 1. The Bertz CT molecular complexity index is 836. The van der Waals surface area contributed by atoms with Crippen LogP contribution >= 0.6 is 11.8 Å². The third-order valence-electron chi connectivity index (χ3n) is 4.13. The summed E-state index contributed by atoms with van der Waals surface area (Å²) in [7, 11) is 0. The molecule has 1 heterocycles. The minimum Gasteiger partial charge on any atom is -0.324 e. The maximum absolute atomic E-state index is 13.4. The predicted molar refractivity (Wildman–Crippen MR) is 98.8 cm³/mol. The van der Waals surface area contributed by atoms with Gasteiger partial charge < -0.3 is 5.32 Å². The molecular formula is C19H17FN2O3S. The average Bonchev–Trinajstić information content (AvgIpc) is 2.87. The van der Waals surface area contributed by atoms with Crippen LogP contribution in [-0.2, 0) is 4.79 Å². The van der Waals surface area contributed by atoms with Crippen molar-refractivity contribution in [3.63, 3.8) is 0 Å². The van der Waals surface area contributed by atoms with Crippen molar-refractivity contribution in [1.82, 2.24) is 4.90 Å². The molecule has 5 nitrogen and oxygen atoms in total. The number of carbonyl (C=O) groups is 3. The summed E-state index contributed by atoms with van der Waals surface area (Å²) in [4.78, 5) is 39.1. The van der Waals surface area contributed by atoms with Gasteiger partial charge in [-0.15, -0.1) is 0 Å². The summed E-state index contributed by atoms with van der Waals surface area (Å²) in [6, 6.07) is 11.0. The van der Waals surface area contributed by atoms with Crippen molar-refractivity contribution in [3.05, 3.63) is 65.5 Å². The smallest absolute Gasteiger partial charge is 0.262 e. The van der Waals surface area contributed by atoms with E-state index in [0.29, 0.717) is 23.3 Å². The Balaban J connectivity index is 1.88. The molecule has 0 spiro atoms. The van der Waals surface area contributed by atoms with Crippen molar-refractivity contribution in [2.24, 2.45) is 0 Å². The van der Waals surface area contributed by atoms with Crippen LogP contribution in [0, 0.1) is 5.82 Å². The lowest BCUT2D eigenvalue weighted by molar-refractivity contribution is -0.120. The number of rotatable bonds is 6. The van der Waals surface area contributed by atoms with Gasteiger partial charge in [-0.1, -0.05) is 18.2 Å². The molecule has 3 amide bonds. The summed E-state index contributed by atoms with van der Waals surface area (Å²) in [6.07, 6.45) is 2.19. The molecule has 2 aromatic carbocycles. The third kappa shape index (κ3) is 3.48. The topological polar surface area (TPSA) is 66.5 Å². The molecular weight excluding hydrogens is 355 g/mol. The highest BCUT2D eigenvalue weighted by Crippen LogP contribution is 2.26. The Hall–Kier alpha value is -2.67. The Kier molecular flexibility index (Phi) is 5.37. The number of benzene rings is 2. The van der Waals surface area contributed by atoms with E-state index in [4.69, 9.17) is 0 Å². The van der Waals surface area contributed by atoms with E-state index in [9.17, 15) is 18.8 Å². The lowest BCUT2D eigenvalue weighted by atomic mass is 10.1. The van der Waals surface area contributed by atoms with Gasteiger partial charge in [0, 0.05) is 5.69 Å². The van der Waals surface area contributed by atoms with Crippen LogP contribution in [0.1, 0.15) is 27.1 Å². The van der Waals surface area contributed by atoms with Crippen molar-refractivity contribution >= 4 is 35.2 Å². The fourth-order valence-electron chi connectivity index (χ4n) is 2.89. The molecule has 1 aliphatic rings. The average molecular weight is 372 g/mol. The first-order valence-electron chi connectivity index (χ1n) is 8.05. The first kappa shape index (κ1) is 18.1. The second-order valence-corrected chi connectivity index (χ2v) is 6.81. The highest BCUT2D eigenvalue weighted by atomic mass is 32.2. The van der Waals surface area contributed by atoms with E-state index in [0.717, 1.165) is 4.90 Å². The lowest BCUT2D eigenvalue weighted by Crippen LogP contribution is -2.47. The van der Waals surface area contributed by atoms with Crippen LogP contribution in [0.4, 0.5) is 10.1 Å². The van der Waals surface area contributed by atoms with Crippen molar-refractivity contribution in [1.29, 1.82) is 0 Å². The van der Waals surface area contributed by atoms with Crippen LogP contribution in [0.5, 0.6) is 0 Å². The van der Waals surface area contributed by atoms with Gasteiger partial charge >= 0.3 is 0 Å². The van der Waals surface area contributed by atoms with Crippen molar-refractivity contribution < 1.29 is 18.8 Å². The lowest BCUT2D eigenvalue weighted by Gasteiger charge is -2.25. The molecule has 0 aliphatic carbocycles. The number of anilines is 1. The van der Waals surface area contributed by atoms with Gasteiger partial charge in [0.2, 0.25) is 5.91 Å². The van der Waals surface area contributed by atoms with E-state index in [-0.39, 0.29) is 5.69 Å². The Labute approximate surface area is 154 Å². The number of hydrogen-bond acceptors (Lipinski definition) is 4. The Morgan fingerprint density at radius 1 is 1.12 bits per heavy atom. The van der Waals surface area contributed by atoms with E-state index in [1.807, 2.05) is 6.26 Å². The molecule has 1 atom stereocenters. The van der Waals surface area contributed by atoms with Gasteiger partial charge in [0.1, 0.15) is 11.9 Å². The minimum absolute atomic E-state index is 0.278. The molecule has 0 saturated carbocycles. The summed E-state index contributed by atoms with van der Waals surface area (Å²) in [5, 5.41) is 2.60. The SMILES string of the molecule is CSCC[C@H](C(=O)Nc1cccc(F)c1)N1C(=O)c2ccccc2C1=O. The monoisotopic (exact) mass is 372 g/mol. The van der Waals surface area contributed by atoms with E-state index >= 15 is 0 Å². The largest absolute Gasteiger partial charge is 0.324 e. The van der Waals surface area contributed by atoms with E-state index in [2.05, 4.69) is 5.32 Å². The summed E-state index contributed by atoms with van der Waals surface area (Å²) in [6.45, 7) is 0. The molecule has 3 rings (SSSR count). The van der Waals surface area contributed by atoms with Crippen molar-refractivity contribution in [2.45, 2.75) is 12.5 Å². The molecule has 0 unspecified atom stereocenters. The van der Waals surface area contributed by atoms with Crippen LogP contribution in [0.3, 0.4) is 0 Å². The van der Waals surface area contributed by atoms with Crippen LogP contribution < -0.4 is 5.32 Å². The zero-order valence-electron chi connectivity index (χ0n) is 14.1. The molecule has 2 aromatic rings. The second-order valence-electron chi connectivity index (χ2n) is 5.82. The number of amides is 3. The fourth-order valence-corrected chi connectivity index (χ4v) is 3.35. The van der Waals surface area contributed by atoms with Gasteiger partial charge in [-0.3, -0.25) is 19.3 Å². The van der Waals surface area contributed by atoms with E-state index in [1.54, 1.807) is 30.3 Å². The molecule has 1 N–H and O–H groups in total. The van der Waals surface area contributed by atoms with E-state index in [1.165, 1.54) is 30.0 Å². The highest BCUT2D eigenvalue weighted by Gasteiger charge is 2.42. The summed E-state index contributed by atoms with van der Waals surface area (Å²) in [5.74, 6) is -1.37. The van der Waals surface area contributed by atoms with Gasteiger partial charge in [0.05, 0.1) is 11.1 Å². The van der Waals surface area contributed by atoms with Crippen molar-refractivity contribution in [3.8, 4) is 0 Å². The second kappa shape index (κ2) is 7.70. The van der Waals surface area contributed by atoms with Gasteiger partial charge in [0.25, 0.3) is 11.8 Å². The van der Waals surface area contributed by atoms with E-state index < -0.39 is 29.6 Å². The molecule has 0 radical (unpaired) electrons. The number of hydrogen-bond donors (Lipinski definition) is 1. The summed E-state index contributed by atoms with van der Waals surface area (Å²) < 4.78 is 13.4. The molecule has 0 fully saturated rings. The first-order chi connectivity index (χ1) is 12.5. The quantitative estimate of drug-likeness (QED) is 0.791. The van der Waals surface area contributed by atoms with Crippen LogP contribution in [0.2, 0.25) is 0 Å². The van der Waals surface area contributed by atoms with Gasteiger partial charge in [0.15, 0.2) is 0 Å². The molecule has 26 heavy (non-hydrogen) atoms. The summed E-state index contributed by atoms with van der Waals surface area (Å²) >= 11 is 1.51. The fraction of sp³-hybridized carbons (Fsp3) is 0.211. The molecule has 7 heteroatoms. The minimum atomic E-state index is -0.960. The molecule has 0 saturated heterocycles. The maximum atomic E-state index is 13.4. The van der Waals surface area contributed by atoms with Gasteiger partial charge in [-0.2, -0.15) is 11.8 Å². The first-order valence-corrected chi connectivity index (χ1v) is 9.44. The maximum Gasteiger partial charge on any atom is 0.262 e. The predicted octanol–water partition coefficient (Wildman–Crippen LogP) is 3.18. The van der Waals surface area contributed by atoms with Gasteiger partial charge in [-0.05, 0) is 48.8 Å². The number of carbonyl (C=O) groups excluding carboxylic acids is 3. The van der Waals surface area contributed by atoms with Crippen LogP contribution in [0.15, 0.2) is 48.5 Å². The van der Waals surface area contributed by atoms with Crippen LogP contribution in [0.25, 0.3) is 0 Å². The number of nitrogens with one attached hydrogen (secondary N) is 1. The van der Waals surface area contributed by atoms with Crippen LogP contribution in [-0.4, -0.2) is 40.7 Å². The number of nitrogens with zero attached hydrogens (tertiary/aromatic N) is 1. The van der Waals surface area contributed by atoms with Gasteiger partial charge in [-0.25, -0.2) is 4.39 Å². The standard InChI is InChI=1S/C19H17FN2O3S/c1-26-10-9-16(17(23)21-13-6-4-5-12(20)11-13)22-18(24)14-7-2-3-8-15(14)19(22)25/h2-8,11,16H,9-10H2,1H3,(H,21,23)/t16-/m1/s1. The number of thioether (sulfide) groups is 1. The molecule has 0 bridgehead atoms.